The van der Waals surface area contributed by atoms with E-state index in [1.807, 2.05) is 0 Å². The first-order chi connectivity index (χ1) is 6.49. The Kier molecular flexibility index (Phi) is 5.60. The normalized spacial score (nSPS) is 11.9. The quantitative estimate of drug-likeness (QED) is 0.522. The highest BCUT2D eigenvalue weighted by molar-refractivity contribution is 5.85. The van der Waals surface area contributed by atoms with Gasteiger partial charge in [-0.2, -0.15) is 0 Å². The second-order valence-corrected chi connectivity index (χ2v) is 3.10. The third-order valence-electron chi connectivity index (χ3n) is 1.87. The summed E-state index contributed by atoms with van der Waals surface area (Å²) in [5.74, 6) is -1.57. The van der Waals surface area contributed by atoms with E-state index in [0.29, 0.717) is 19.4 Å². The van der Waals surface area contributed by atoms with Crippen LogP contribution in [0.25, 0.3) is 0 Å². The van der Waals surface area contributed by atoms with Crippen LogP contribution in [0.5, 0.6) is 0 Å². The van der Waals surface area contributed by atoms with E-state index in [1.165, 1.54) is 0 Å². The lowest BCUT2D eigenvalue weighted by molar-refractivity contribution is -0.147. The van der Waals surface area contributed by atoms with Crippen LogP contribution >= 0.6 is 0 Å². The molecule has 0 aromatic rings. The van der Waals surface area contributed by atoms with E-state index < -0.39 is 5.97 Å². The van der Waals surface area contributed by atoms with E-state index in [1.54, 1.807) is 13.8 Å². The third-order valence-corrected chi connectivity index (χ3v) is 1.87. The summed E-state index contributed by atoms with van der Waals surface area (Å²) in [5, 5.41) is 8.52. The summed E-state index contributed by atoms with van der Waals surface area (Å²) in [6.45, 7) is 7.18. The molecule has 4 heteroatoms. The lowest BCUT2D eigenvalue weighted by Crippen LogP contribution is -2.15. The van der Waals surface area contributed by atoms with Gasteiger partial charge in [0.2, 0.25) is 0 Å². The van der Waals surface area contributed by atoms with Crippen molar-refractivity contribution in [3.8, 4) is 0 Å². The van der Waals surface area contributed by atoms with Crippen molar-refractivity contribution < 1.29 is 19.4 Å². The fraction of sp³-hybridized carbons (Fsp3) is 0.600. The zero-order valence-corrected chi connectivity index (χ0v) is 8.58. The zero-order valence-electron chi connectivity index (χ0n) is 8.58. The number of esters is 1. The van der Waals surface area contributed by atoms with E-state index >= 15 is 0 Å². The standard InChI is InChI=1S/C10H16O4/c1-4-14-10(13)8(3)6-5-7(2)9(11)12/h8H,2,4-6H2,1,3H3,(H,11,12). The first kappa shape index (κ1) is 12.7. The smallest absolute Gasteiger partial charge is 0.330 e. The topological polar surface area (TPSA) is 63.6 Å². The maximum Gasteiger partial charge on any atom is 0.330 e. The van der Waals surface area contributed by atoms with Gasteiger partial charge in [-0.3, -0.25) is 4.79 Å². The minimum absolute atomic E-state index is 0.126. The van der Waals surface area contributed by atoms with Crippen molar-refractivity contribution >= 4 is 11.9 Å². The molecule has 1 N–H and O–H groups in total. The van der Waals surface area contributed by atoms with Gasteiger partial charge in [-0.1, -0.05) is 13.5 Å². The van der Waals surface area contributed by atoms with Crippen LogP contribution in [0.15, 0.2) is 12.2 Å². The Labute approximate surface area is 83.6 Å². The molecule has 0 rings (SSSR count). The second-order valence-electron chi connectivity index (χ2n) is 3.10. The van der Waals surface area contributed by atoms with Crippen molar-refractivity contribution in [3.63, 3.8) is 0 Å². The monoisotopic (exact) mass is 200 g/mol. The maximum absolute atomic E-state index is 11.1. The molecule has 14 heavy (non-hydrogen) atoms. The van der Waals surface area contributed by atoms with Gasteiger partial charge >= 0.3 is 11.9 Å². The molecule has 0 amide bonds. The Morgan fingerprint density at radius 1 is 1.50 bits per heavy atom. The molecular formula is C10H16O4. The molecule has 0 saturated carbocycles. The first-order valence-corrected chi connectivity index (χ1v) is 4.56. The van der Waals surface area contributed by atoms with Crippen LogP contribution in [0.2, 0.25) is 0 Å². The zero-order chi connectivity index (χ0) is 11.1. The van der Waals surface area contributed by atoms with Gasteiger partial charge < -0.3 is 9.84 Å². The second kappa shape index (κ2) is 6.18. The highest BCUT2D eigenvalue weighted by Crippen LogP contribution is 2.12. The Hall–Kier alpha value is -1.32. The summed E-state index contributed by atoms with van der Waals surface area (Å²) in [7, 11) is 0. The summed E-state index contributed by atoms with van der Waals surface area (Å²) in [4.78, 5) is 21.5. The molecule has 80 valence electrons. The number of rotatable bonds is 6. The van der Waals surface area contributed by atoms with Crippen LogP contribution in [-0.4, -0.2) is 23.7 Å². The average Bonchev–Trinajstić information content (AvgIpc) is 2.13. The van der Waals surface area contributed by atoms with Crippen molar-refractivity contribution in [3.05, 3.63) is 12.2 Å². The van der Waals surface area contributed by atoms with Crippen molar-refractivity contribution in [1.82, 2.24) is 0 Å². The predicted molar refractivity (Wildman–Crippen MR) is 51.8 cm³/mol. The largest absolute Gasteiger partial charge is 0.478 e. The first-order valence-electron chi connectivity index (χ1n) is 4.56. The SMILES string of the molecule is C=C(CCC(C)C(=O)OCC)C(=O)O. The van der Waals surface area contributed by atoms with Gasteiger partial charge in [0.25, 0.3) is 0 Å². The molecule has 0 aromatic heterocycles. The van der Waals surface area contributed by atoms with E-state index in [0.717, 1.165) is 0 Å². The van der Waals surface area contributed by atoms with E-state index in [4.69, 9.17) is 9.84 Å². The van der Waals surface area contributed by atoms with E-state index in [2.05, 4.69) is 6.58 Å². The lowest BCUT2D eigenvalue weighted by Gasteiger charge is -2.09. The molecule has 4 nitrogen and oxygen atoms in total. The van der Waals surface area contributed by atoms with Crippen LogP contribution in [0, 0.1) is 5.92 Å². The van der Waals surface area contributed by atoms with Crippen LogP contribution in [0.4, 0.5) is 0 Å². The van der Waals surface area contributed by atoms with E-state index in [-0.39, 0.29) is 17.5 Å². The van der Waals surface area contributed by atoms with Crippen LogP contribution in [-0.2, 0) is 14.3 Å². The number of carbonyl (C=O) groups excluding carboxylic acids is 1. The summed E-state index contributed by atoms with van der Waals surface area (Å²) < 4.78 is 4.78. The predicted octanol–water partition coefficient (Wildman–Crippen LogP) is 1.61. The Balaban J connectivity index is 3.84. The maximum atomic E-state index is 11.1. The number of aliphatic carboxylic acids is 1. The molecule has 0 spiro atoms. The van der Waals surface area contributed by atoms with Gasteiger partial charge in [-0.05, 0) is 19.8 Å². The molecular weight excluding hydrogens is 184 g/mol. The molecule has 0 saturated heterocycles. The van der Waals surface area contributed by atoms with Crippen LogP contribution in [0.1, 0.15) is 26.7 Å². The Morgan fingerprint density at radius 2 is 2.07 bits per heavy atom. The third kappa shape index (κ3) is 4.64. The van der Waals surface area contributed by atoms with Crippen LogP contribution < -0.4 is 0 Å². The molecule has 0 radical (unpaired) electrons. The number of carboxylic acid groups (broad SMARTS) is 1. The van der Waals surface area contributed by atoms with E-state index in [9.17, 15) is 9.59 Å². The van der Waals surface area contributed by atoms with Gasteiger partial charge in [0.05, 0.1) is 12.5 Å². The molecule has 0 aliphatic rings. The number of carboxylic acids is 1. The lowest BCUT2D eigenvalue weighted by atomic mass is 10.0. The number of hydrogen-bond donors (Lipinski definition) is 1. The highest BCUT2D eigenvalue weighted by Gasteiger charge is 2.15. The van der Waals surface area contributed by atoms with Gasteiger partial charge in [-0.15, -0.1) is 0 Å². The summed E-state index contributed by atoms with van der Waals surface area (Å²) in [5.41, 5.74) is 0.126. The average molecular weight is 200 g/mol. The molecule has 0 aliphatic carbocycles. The molecule has 1 unspecified atom stereocenters. The summed E-state index contributed by atoms with van der Waals surface area (Å²) >= 11 is 0. The minimum Gasteiger partial charge on any atom is -0.478 e. The molecule has 0 fully saturated rings. The summed E-state index contributed by atoms with van der Waals surface area (Å²) in [6, 6.07) is 0. The van der Waals surface area contributed by atoms with Gasteiger partial charge in [0.1, 0.15) is 0 Å². The van der Waals surface area contributed by atoms with Crippen molar-refractivity contribution in [2.45, 2.75) is 26.7 Å². The fourth-order valence-electron chi connectivity index (χ4n) is 0.900. The molecule has 0 bridgehead atoms. The molecule has 0 aliphatic heterocycles. The van der Waals surface area contributed by atoms with Gasteiger partial charge in [0.15, 0.2) is 0 Å². The van der Waals surface area contributed by atoms with Gasteiger partial charge in [0, 0.05) is 5.57 Å². The number of hydrogen-bond acceptors (Lipinski definition) is 3. The molecule has 0 heterocycles. The number of ether oxygens (including phenoxy) is 1. The highest BCUT2D eigenvalue weighted by atomic mass is 16.5. The van der Waals surface area contributed by atoms with Gasteiger partial charge in [-0.25, -0.2) is 4.79 Å². The van der Waals surface area contributed by atoms with Crippen molar-refractivity contribution in [1.29, 1.82) is 0 Å². The Bertz CT molecular complexity index is 232. The fourth-order valence-corrected chi connectivity index (χ4v) is 0.900. The molecule has 1 atom stereocenters. The van der Waals surface area contributed by atoms with Crippen LogP contribution in [0.3, 0.4) is 0 Å². The van der Waals surface area contributed by atoms with Crippen molar-refractivity contribution in [2.75, 3.05) is 6.61 Å². The number of carbonyl (C=O) groups is 2. The molecule has 0 aromatic carbocycles. The summed E-state index contributed by atoms with van der Waals surface area (Å²) in [6.07, 6.45) is 0.777. The minimum atomic E-state index is -1.01. The Morgan fingerprint density at radius 3 is 2.50 bits per heavy atom. The van der Waals surface area contributed by atoms with Crippen molar-refractivity contribution in [2.24, 2.45) is 5.92 Å².